The number of rotatable bonds is 4. The van der Waals surface area contributed by atoms with Crippen LogP contribution in [-0.2, 0) is 20.8 Å². The standard InChI is InChI=1S/C15H18N2O4/c1-20-16-14(18)8-11-9-17(15(19)21-11)13-7-6-10-4-2-3-5-12(10)13/h2-5,11,13H,6-9H2,1H3,(H,16,18). The van der Waals surface area contributed by atoms with Gasteiger partial charge in [-0.3, -0.25) is 14.5 Å². The average molecular weight is 290 g/mol. The monoisotopic (exact) mass is 290 g/mol. The zero-order valence-electron chi connectivity index (χ0n) is 11.9. The molecule has 6 heteroatoms. The summed E-state index contributed by atoms with van der Waals surface area (Å²) in [5.41, 5.74) is 4.72. The van der Waals surface area contributed by atoms with Crippen molar-refractivity contribution < 1.29 is 19.2 Å². The van der Waals surface area contributed by atoms with Gasteiger partial charge in [-0.05, 0) is 24.0 Å². The van der Waals surface area contributed by atoms with Crippen LogP contribution in [0.1, 0.15) is 30.0 Å². The molecule has 21 heavy (non-hydrogen) atoms. The third-order valence-corrected chi connectivity index (χ3v) is 4.01. The van der Waals surface area contributed by atoms with Crippen molar-refractivity contribution in [2.75, 3.05) is 13.7 Å². The van der Waals surface area contributed by atoms with E-state index in [4.69, 9.17) is 4.74 Å². The zero-order chi connectivity index (χ0) is 14.8. The Bertz CT molecular complexity index is 560. The lowest BCUT2D eigenvalue weighted by molar-refractivity contribution is -0.132. The van der Waals surface area contributed by atoms with Crippen LogP contribution in [0.2, 0.25) is 0 Å². The van der Waals surface area contributed by atoms with Crippen molar-refractivity contribution in [2.45, 2.75) is 31.4 Å². The van der Waals surface area contributed by atoms with Gasteiger partial charge in [0.25, 0.3) is 0 Å². The van der Waals surface area contributed by atoms with Gasteiger partial charge in [0.1, 0.15) is 6.10 Å². The molecule has 112 valence electrons. The van der Waals surface area contributed by atoms with E-state index in [1.165, 1.54) is 18.2 Å². The highest BCUT2D eigenvalue weighted by molar-refractivity contribution is 5.77. The number of ether oxygens (including phenoxy) is 1. The van der Waals surface area contributed by atoms with Crippen LogP contribution in [0.4, 0.5) is 4.79 Å². The Kier molecular flexibility index (Phi) is 3.79. The normalized spacial score (nSPS) is 23.9. The topological polar surface area (TPSA) is 67.9 Å². The zero-order valence-corrected chi connectivity index (χ0v) is 11.9. The lowest BCUT2D eigenvalue weighted by Gasteiger charge is -2.22. The fourth-order valence-corrected chi connectivity index (χ4v) is 3.12. The molecule has 2 amide bonds. The first-order chi connectivity index (χ1) is 10.2. The summed E-state index contributed by atoms with van der Waals surface area (Å²) in [7, 11) is 1.38. The summed E-state index contributed by atoms with van der Waals surface area (Å²) in [4.78, 5) is 29.8. The van der Waals surface area contributed by atoms with Crippen LogP contribution in [0, 0.1) is 0 Å². The summed E-state index contributed by atoms with van der Waals surface area (Å²) >= 11 is 0. The maximum Gasteiger partial charge on any atom is 0.410 e. The molecular weight excluding hydrogens is 272 g/mol. The van der Waals surface area contributed by atoms with Gasteiger partial charge < -0.3 is 4.74 Å². The second-order valence-electron chi connectivity index (χ2n) is 5.34. The lowest BCUT2D eigenvalue weighted by Crippen LogP contribution is -2.31. The molecule has 1 aromatic carbocycles. The lowest BCUT2D eigenvalue weighted by atomic mass is 10.1. The number of aryl methyl sites for hydroxylation is 1. The number of nitrogens with one attached hydrogen (secondary N) is 1. The number of hydroxylamine groups is 1. The Labute approximate surface area is 123 Å². The van der Waals surface area contributed by atoms with Crippen molar-refractivity contribution in [3.8, 4) is 0 Å². The molecule has 6 nitrogen and oxygen atoms in total. The van der Waals surface area contributed by atoms with Crippen molar-refractivity contribution >= 4 is 12.0 Å². The Morgan fingerprint density at radius 1 is 1.48 bits per heavy atom. The molecule has 1 aliphatic heterocycles. The van der Waals surface area contributed by atoms with E-state index in [-0.39, 0.29) is 24.5 Å². The fourth-order valence-electron chi connectivity index (χ4n) is 3.12. The van der Waals surface area contributed by atoms with E-state index in [9.17, 15) is 9.59 Å². The van der Waals surface area contributed by atoms with E-state index >= 15 is 0 Å². The molecule has 2 unspecified atom stereocenters. The van der Waals surface area contributed by atoms with Gasteiger partial charge in [-0.15, -0.1) is 0 Å². The number of benzene rings is 1. The van der Waals surface area contributed by atoms with Crippen molar-refractivity contribution in [1.82, 2.24) is 10.4 Å². The molecule has 1 aromatic rings. The highest BCUT2D eigenvalue weighted by Crippen LogP contribution is 2.37. The van der Waals surface area contributed by atoms with Crippen LogP contribution in [0.25, 0.3) is 0 Å². The Hall–Kier alpha value is -2.08. The third kappa shape index (κ3) is 2.71. The van der Waals surface area contributed by atoms with Gasteiger partial charge in [-0.25, -0.2) is 10.3 Å². The first-order valence-electron chi connectivity index (χ1n) is 7.06. The number of carbonyl (C=O) groups excluding carboxylic acids is 2. The number of hydrogen-bond acceptors (Lipinski definition) is 4. The van der Waals surface area contributed by atoms with Gasteiger partial charge in [-0.1, -0.05) is 24.3 Å². The molecule has 2 atom stereocenters. The maximum absolute atomic E-state index is 12.1. The molecule has 0 saturated carbocycles. The third-order valence-electron chi connectivity index (χ3n) is 4.01. The summed E-state index contributed by atoms with van der Waals surface area (Å²) in [5, 5.41) is 0. The van der Waals surface area contributed by atoms with E-state index in [1.54, 1.807) is 4.90 Å². The smallest absolute Gasteiger partial charge is 0.410 e. The Balaban J connectivity index is 1.68. The van der Waals surface area contributed by atoms with Gasteiger partial charge >= 0.3 is 6.09 Å². The SMILES string of the molecule is CONC(=O)CC1CN(C2CCc3ccccc32)C(=O)O1. The first kappa shape index (κ1) is 13.9. The van der Waals surface area contributed by atoms with E-state index in [1.807, 2.05) is 12.1 Å². The van der Waals surface area contributed by atoms with Gasteiger partial charge in [0.05, 0.1) is 26.1 Å². The summed E-state index contributed by atoms with van der Waals surface area (Å²) in [6.45, 7) is 0.439. The molecular formula is C15H18N2O4. The second-order valence-corrected chi connectivity index (χ2v) is 5.34. The van der Waals surface area contributed by atoms with E-state index < -0.39 is 6.10 Å². The quantitative estimate of drug-likeness (QED) is 0.855. The van der Waals surface area contributed by atoms with Gasteiger partial charge in [0, 0.05) is 0 Å². The second kappa shape index (κ2) is 5.73. The highest BCUT2D eigenvalue weighted by Gasteiger charge is 2.39. The summed E-state index contributed by atoms with van der Waals surface area (Å²) in [6.07, 6.45) is 1.24. The first-order valence-corrected chi connectivity index (χ1v) is 7.06. The molecule has 0 aromatic heterocycles. The minimum absolute atomic E-state index is 0.0594. The minimum atomic E-state index is -0.416. The molecule has 0 radical (unpaired) electrons. The van der Waals surface area contributed by atoms with Crippen molar-refractivity contribution in [1.29, 1.82) is 0 Å². The number of fused-ring (bicyclic) bond motifs is 1. The molecule has 1 N–H and O–H groups in total. The van der Waals surface area contributed by atoms with Crippen LogP contribution in [0.15, 0.2) is 24.3 Å². The van der Waals surface area contributed by atoms with E-state index in [0.29, 0.717) is 6.54 Å². The Morgan fingerprint density at radius 2 is 2.29 bits per heavy atom. The van der Waals surface area contributed by atoms with E-state index in [0.717, 1.165) is 12.8 Å². The molecule has 0 bridgehead atoms. The van der Waals surface area contributed by atoms with Crippen LogP contribution in [-0.4, -0.2) is 36.7 Å². The predicted molar refractivity (Wildman–Crippen MR) is 74.2 cm³/mol. The van der Waals surface area contributed by atoms with E-state index in [2.05, 4.69) is 22.5 Å². The van der Waals surface area contributed by atoms with Gasteiger partial charge in [0.15, 0.2) is 0 Å². The Morgan fingerprint density at radius 3 is 3.10 bits per heavy atom. The van der Waals surface area contributed by atoms with Gasteiger partial charge in [0.2, 0.25) is 5.91 Å². The largest absolute Gasteiger partial charge is 0.444 e. The highest BCUT2D eigenvalue weighted by atomic mass is 16.6. The molecule has 1 saturated heterocycles. The maximum atomic E-state index is 12.1. The average Bonchev–Trinajstić information content (AvgIpc) is 3.02. The van der Waals surface area contributed by atoms with Crippen LogP contribution in [0.3, 0.4) is 0 Å². The van der Waals surface area contributed by atoms with Crippen molar-refractivity contribution in [3.63, 3.8) is 0 Å². The fraction of sp³-hybridized carbons (Fsp3) is 0.467. The number of amides is 2. The molecule has 1 heterocycles. The molecule has 2 aliphatic rings. The van der Waals surface area contributed by atoms with Gasteiger partial charge in [-0.2, -0.15) is 0 Å². The minimum Gasteiger partial charge on any atom is -0.444 e. The number of cyclic esters (lactones) is 1. The summed E-state index contributed by atoms with van der Waals surface area (Å²) in [5.74, 6) is -0.288. The molecule has 3 rings (SSSR count). The summed E-state index contributed by atoms with van der Waals surface area (Å²) in [6, 6.07) is 8.22. The number of carbonyl (C=O) groups is 2. The van der Waals surface area contributed by atoms with Crippen LogP contribution >= 0.6 is 0 Å². The number of nitrogens with zero attached hydrogens (tertiary/aromatic N) is 1. The molecule has 0 spiro atoms. The van der Waals surface area contributed by atoms with Crippen LogP contribution < -0.4 is 5.48 Å². The van der Waals surface area contributed by atoms with Crippen LogP contribution in [0.5, 0.6) is 0 Å². The molecule has 1 aliphatic carbocycles. The summed E-state index contributed by atoms with van der Waals surface area (Å²) < 4.78 is 5.29. The molecule has 1 fully saturated rings. The van der Waals surface area contributed by atoms with Crippen molar-refractivity contribution in [2.24, 2.45) is 0 Å². The number of hydrogen-bond donors (Lipinski definition) is 1. The predicted octanol–water partition coefficient (Wildman–Crippen LogP) is 1.56. The van der Waals surface area contributed by atoms with Crippen molar-refractivity contribution in [3.05, 3.63) is 35.4 Å².